The van der Waals surface area contributed by atoms with Gasteiger partial charge in [0.05, 0.1) is 6.07 Å². The maximum absolute atomic E-state index is 10.9. The number of hydrogen-bond donors (Lipinski definition) is 0. The molecule has 0 saturated heterocycles. The van der Waals surface area contributed by atoms with E-state index in [2.05, 4.69) is 6.92 Å². The molecule has 1 fully saturated rings. The zero-order valence-corrected chi connectivity index (χ0v) is 7.95. The molecule has 1 aliphatic carbocycles. The molecule has 0 aromatic carbocycles. The first-order valence-electron chi connectivity index (χ1n) is 4.79. The molecular formula is C10H15NO2. The molecule has 0 atom stereocenters. The molecule has 1 aliphatic rings. The highest BCUT2D eigenvalue weighted by molar-refractivity contribution is 5.71. The van der Waals surface area contributed by atoms with Gasteiger partial charge in [0, 0.05) is 0 Å². The highest BCUT2D eigenvalue weighted by Gasteiger charge is 2.20. The summed E-state index contributed by atoms with van der Waals surface area (Å²) >= 11 is 0. The topological polar surface area (TPSA) is 50.1 Å². The number of nitriles is 1. The molecule has 72 valence electrons. The van der Waals surface area contributed by atoms with Gasteiger partial charge in [-0.2, -0.15) is 5.26 Å². The van der Waals surface area contributed by atoms with Crippen molar-refractivity contribution in [2.75, 3.05) is 0 Å². The number of carbonyl (C=O) groups excluding carboxylic acids is 1. The Kier molecular flexibility index (Phi) is 3.75. The molecule has 0 aromatic rings. The maximum Gasteiger partial charge on any atom is 0.320 e. The standard InChI is InChI=1S/C10H15NO2/c1-8-2-4-9(5-3-8)13-10(12)6-7-11/h8-9H,2-6H2,1H3. The Bertz CT molecular complexity index is 211. The van der Waals surface area contributed by atoms with E-state index < -0.39 is 0 Å². The van der Waals surface area contributed by atoms with Crippen molar-refractivity contribution >= 4 is 5.97 Å². The summed E-state index contributed by atoms with van der Waals surface area (Å²) in [5.74, 6) is 0.382. The molecule has 13 heavy (non-hydrogen) atoms. The van der Waals surface area contributed by atoms with Crippen LogP contribution >= 0.6 is 0 Å². The summed E-state index contributed by atoms with van der Waals surface area (Å²) in [6, 6.07) is 1.79. The van der Waals surface area contributed by atoms with Gasteiger partial charge in [-0.3, -0.25) is 4.79 Å². The molecule has 1 rings (SSSR count). The van der Waals surface area contributed by atoms with Crippen LogP contribution in [0.3, 0.4) is 0 Å². The molecule has 0 N–H and O–H groups in total. The van der Waals surface area contributed by atoms with Crippen LogP contribution in [0.2, 0.25) is 0 Å². The fourth-order valence-corrected chi connectivity index (χ4v) is 1.64. The van der Waals surface area contributed by atoms with Gasteiger partial charge in [-0.25, -0.2) is 0 Å². The second kappa shape index (κ2) is 4.86. The third-order valence-electron chi connectivity index (χ3n) is 2.48. The molecule has 0 aromatic heterocycles. The lowest BCUT2D eigenvalue weighted by atomic mass is 9.89. The van der Waals surface area contributed by atoms with Crippen LogP contribution in [-0.2, 0) is 9.53 Å². The molecule has 0 aliphatic heterocycles. The van der Waals surface area contributed by atoms with Gasteiger partial charge in [0.1, 0.15) is 12.5 Å². The molecule has 0 heterocycles. The van der Waals surface area contributed by atoms with Crippen molar-refractivity contribution in [2.24, 2.45) is 5.92 Å². The molecule has 3 nitrogen and oxygen atoms in total. The van der Waals surface area contributed by atoms with E-state index in [1.807, 2.05) is 0 Å². The van der Waals surface area contributed by atoms with E-state index >= 15 is 0 Å². The number of ether oxygens (including phenoxy) is 1. The number of esters is 1. The first-order valence-corrected chi connectivity index (χ1v) is 4.79. The molecule has 3 heteroatoms. The van der Waals surface area contributed by atoms with Crippen molar-refractivity contribution in [1.29, 1.82) is 5.26 Å². The van der Waals surface area contributed by atoms with Gasteiger partial charge in [0.15, 0.2) is 0 Å². The van der Waals surface area contributed by atoms with Crippen LogP contribution in [-0.4, -0.2) is 12.1 Å². The van der Waals surface area contributed by atoms with E-state index in [-0.39, 0.29) is 18.5 Å². The molecular weight excluding hydrogens is 166 g/mol. The van der Waals surface area contributed by atoms with Crippen molar-refractivity contribution in [3.05, 3.63) is 0 Å². The molecule has 1 saturated carbocycles. The number of carbonyl (C=O) groups is 1. The van der Waals surface area contributed by atoms with Crippen LogP contribution in [0, 0.1) is 17.2 Å². The fourth-order valence-electron chi connectivity index (χ4n) is 1.64. The first kappa shape index (κ1) is 10.0. The van der Waals surface area contributed by atoms with Gasteiger partial charge in [-0.15, -0.1) is 0 Å². The van der Waals surface area contributed by atoms with Crippen LogP contribution in [0.1, 0.15) is 39.0 Å². The number of hydrogen-bond acceptors (Lipinski definition) is 3. The zero-order valence-electron chi connectivity index (χ0n) is 7.95. The second-order valence-electron chi connectivity index (χ2n) is 3.71. The predicted octanol–water partition coefficient (Wildman–Crippen LogP) is 2.02. The highest BCUT2D eigenvalue weighted by atomic mass is 16.5. The molecule has 0 amide bonds. The van der Waals surface area contributed by atoms with Gasteiger partial charge in [0.2, 0.25) is 0 Å². The summed E-state index contributed by atoms with van der Waals surface area (Å²) in [7, 11) is 0. The van der Waals surface area contributed by atoms with Crippen molar-refractivity contribution in [3.63, 3.8) is 0 Å². The van der Waals surface area contributed by atoms with Gasteiger partial charge >= 0.3 is 5.97 Å². The first-order chi connectivity index (χ1) is 6.22. The Hall–Kier alpha value is -1.04. The summed E-state index contributed by atoms with van der Waals surface area (Å²) in [6.45, 7) is 2.22. The molecule has 0 spiro atoms. The Morgan fingerprint density at radius 3 is 2.62 bits per heavy atom. The van der Waals surface area contributed by atoms with Crippen molar-refractivity contribution in [1.82, 2.24) is 0 Å². The van der Waals surface area contributed by atoms with E-state index in [9.17, 15) is 4.79 Å². The lowest BCUT2D eigenvalue weighted by Crippen LogP contribution is -2.23. The molecule has 0 radical (unpaired) electrons. The molecule has 0 unspecified atom stereocenters. The monoisotopic (exact) mass is 181 g/mol. The Labute approximate surface area is 78.7 Å². The Morgan fingerprint density at radius 2 is 2.08 bits per heavy atom. The predicted molar refractivity (Wildman–Crippen MR) is 47.7 cm³/mol. The second-order valence-corrected chi connectivity index (χ2v) is 3.71. The largest absolute Gasteiger partial charge is 0.462 e. The van der Waals surface area contributed by atoms with Crippen LogP contribution in [0.5, 0.6) is 0 Å². The Balaban J connectivity index is 2.23. The minimum Gasteiger partial charge on any atom is -0.462 e. The van der Waals surface area contributed by atoms with E-state index in [4.69, 9.17) is 10.00 Å². The quantitative estimate of drug-likeness (QED) is 0.612. The van der Waals surface area contributed by atoms with Crippen LogP contribution in [0.25, 0.3) is 0 Å². The minimum absolute atomic E-state index is 0.0667. The average molecular weight is 181 g/mol. The van der Waals surface area contributed by atoms with E-state index in [0.717, 1.165) is 31.6 Å². The van der Waals surface area contributed by atoms with Gasteiger partial charge in [-0.05, 0) is 31.6 Å². The highest BCUT2D eigenvalue weighted by Crippen LogP contribution is 2.25. The maximum atomic E-state index is 10.9. The summed E-state index contributed by atoms with van der Waals surface area (Å²) < 4.78 is 5.12. The fraction of sp³-hybridized carbons (Fsp3) is 0.800. The van der Waals surface area contributed by atoms with Crippen LogP contribution in [0.15, 0.2) is 0 Å². The molecule has 0 bridgehead atoms. The summed E-state index contributed by atoms with van der Waals surface area (Å²) in [5, 5.41) is 8.26. The van der Waals surface area contributed by atoms with Crippen LogP contribution < -0.4 is 0 Å². The van der Waals surface area contributed by atoms with Crippen LogP contribution in [0.4, 0.5) is 0 Å². The minimum atomic E-state index is -0.373. The normalized spacial score (nSPS) is 27.7. The zero-order chi connectivity index (χ0) is 9.68. The summed E-state index contributed by atoms with van der Waals surface area (Å²) in [4.78, 5) is 10.9. The van der Waals surface area contributed by atoms with E-state index in [1.165, 1.54) is 0 Å². The smallest absolute Gasteiger partial charge is 0.320 e. The van der Waals surface area contributed by atoms with Gasteiger partial charge in [-0.1, -0.05) is 6.92 Å². The van der Waals surface area contributed by atoms with E-state index in [1.54, 1.807) is 6.07 Å². The lowest BCUT2D eigenvalue weighted by molar-refractivity contribution is -0.149. The third kappa shape index (κ3) is 3.45. The summed E-state index contributed by atoms with van der Waals surface area (Å²) in [5.41, 5.74) is 0. The number of rotatable bonds is 2. The van der Waals surface area contributed by atoms with Gasteiger partial charge < -0.3 is 4.74 Å². The average Bonchev–Trinajstić information content (AvgIpc) is 2.09. The van der Waals surface area contributed by atoms with Crippen molar-refractivity contribution in [2.45, 2.75) is 45.1 Å². The Morgan fingerprint density at radius 1 is 1.46 bits per heavy atom. The van der Waals surface area contributed by atoms with E-state index in [0.29, 0.717) is 0 Å². The lowest BCUT2D eigenvalue weighted by Gasteiger charge is -2.25. The number of nitrogens with zero attached hydrogens (tertiary/aromatic N) is 1. The van der Waals surface area contributed by atoms with Gasteiger partial charge in [0.25, 0.3) is 0 Å². The third-order valence-corrected chi connectivity index (χ3v) is 2.48. The van der Waals surface area contributed by atoms with Crippen molar-refractivity contribution < 1.29 is 9.53 Å². The SMILES string of the molecule is CC1CCC(OC(=O)CC#N)CC1. The van der Waals surface area contributed by atoms with Crippen molar-refractivity contribution in [3.8, 4) is 6.07 Å². The summed E-state index contributed by atoms with van der Waals surface area (Å²) in [6.07, 6.45) is 4.12.